The summed E-state index contributed by atoms with van der Waals surface area (Å²) >= 11 is 0. The van der Waals surface area contributed by atoms with Crippen LogP contribution in [-0.4, -0.2) is 4.98 Å². The predicted molar refractivity (Wildman–Crippen MR) is 75.2 cm³/mol. The van der Waals surface area contributed by atoms with Gasteiger partial charge in [0.05, 0.1) is 11.9 Å². The van der Waals surface area contributed by atoms with Gasteiger partial charge in [-0.1, -0.05) is 37.3 Å². The average Bonchev–Trinajstić information content (AvgIpc) is 2.46. The molecule has 3 heteroatoms. The lowest BCUT2D eigenvalue weighted by Gasteiger charge is -2.22. The smallest absolute Gasteiger partial charge is 0.141 e. The van der Waals surface area contributed by atoms with E-state index in [4.69, 9.17) is 0 Å². The Hall–Kier alpha value is -1.74. The minimum atomic E-state index is -0.300. The second-order valence-corrected chi connectivity index (χ2v) is 4.66. The van der Waals surface area contributed by atoms with Gasteiger partial charge in [-0.05, 0) is 31.0 Å². The molecular weight excluding hydrogens is 239 g/mol. The van der Waals surface area contributed by atoms with Crippen LogP contribution in [0.15, 0.2) is 48.7 Å². The predicted octanol–water partition coefficient (Wildman–Crippen LogP) is 4.02. The molecule has 0 bridgehead atoms. The molecule has 0 radical (unpaired) electrons. The van der Waals surface area contributed by atoms with Gasteiger partial charge in [0.25, 0.3) is 0 Å². The highest BCUT2D eigenvalue weighted by Crippen LogP contribution is 2.21. The van der Waals surface area contributed by atoms with E-state index >= 15 is 0 Å². The maximum absolute atomic E-state index is 12.9. The molecule has 0 amide bonds. The summed E-state index contributed by atoms with van der Waals surface area (Å²) in [7, 11) is 0. The van der Waals surface area contributed by atoms with Crippen LogP contribution in [0, 0.1) is 5.82 Å². The van der Waals surface area contributed by atoms with Crippen LogP contribution in [0.2, 0.25) is 0 Å². The van der Waals surface area contributed by atoms with Crippen LogP contribution in [0.1, 0.15) is 43.6 Å². The van der Waals surface area contributed by atoms with Crippen molar-refractivity contribution >= 4 is 0 Å². The molecule has 0 aliphatic heterocycles. The van der Waals surface area contributed by atoms with Crippen molar-refractivity contribution in [1.82, 2.24) is 10.3 Å². The lowest BCUT2D eigenvalue weighted by Crippen LogP contribution is -2.24. The van der Waals surface area contributed by atoms with Crippen LogP contribution in [0.4, 0.5) is 4.39 Å². The fourth-order valence-electron chi connectivity index (χ4n) is 2.17. The number of halogens is 1. The third kappa shape index (κ3) is 3.61. The molecule has 0 aliphatic rings. The molecule has 2 unspecified atom stereocenters. The van der Waals surface area contributed by atoms with E-state index in [2.05, 4.69) is 29.4 Å². The molecule has 100 valence electrons. The molecule has 1 heterocycles. The number of rotatable bonds is 5. The van der Waals surface area contributed by atoms with E-state index in [-0.39, 0.29) is 17.9 Å². The molecule has 1 aromatic heterocycles. The second kappa shape index (κ2) is 6.43. The van der Waals surface area contributed by atoms with E-state index in [1.165, 1.54) is 17.8 Å². The molecule has 2 aromatic rings. The maximum Gasteiger partial charge on any atom is 0.141 e. The Morgan fingerprint density at radius 1 is 1.16 bits per heavy atom. The molecule has 0 spiro atoms. The van der Waals surface area contributed by atoms with Gasteiger partial charge in [0, 0.05) is 12.1 Å². The summed E-state index contributed by atoms with van der Waals surface area (Å²) in [5, 5.41) is 3.53. The van der Waals surface area contributed by atoms with Gasteiger partial charge in [-0.3, -0.25) is 4.98 Å². The Kier molecular flexibility index (Phi) is 4.63. The summed E-state index contributed by atoms with van der Waals surface area (Å²) in [5.74, 6) is -0.300. The number of hydrogen-bond acceptors (Lipinski definition) is 2. The zero-order valence-corrected chi connectivity index (χ0v) is 11.3. The minimum absolute atomic E-state index is 0.0887. The van der Waals surface area contributed by atoms with Crippen molar-refractivity contribution in [3.63, 3.8) is 0 Å². The van der Waals surface area contributed by atoms with Crippen molar-refractivity contribution in [2.24, 2.45) is 0 Å². The maximum atomic E-state index is 12.9. The van der Waals surface area contributed by atoms with Gasteiger partial charge in [0.1, 0.15) is 5.82 Å². The van der Waals surface area contributed by atoms with Gasteiger partial charge in [0.15, 0.2) is 0 Å². The lowest BCUT2D eigenvalue weighted by atomic mass is 10.0. The summed E-state index contributed by atoms with van der Waals surface area (Å²) in [5.41, 5.74) is 2.12. The Morgan fingerprint density at radius 3 is 2.47 bits per heavy atom. The number of pyridine rings is 1. The number of benzene rings is 1. The fraction of sp³-hybridized carbons (Fsp3) is 0.312. The van der Waals surface area contributed by atoms with E-state index in [1.807, 2.05) is 25.1 Å². The van der Waals surface area contributed by atoms with Crippen molar-refractivity contribution in [1.29, 1.82) is 0 Å². The van der Waals surface area contributed by atoms with Crippen LogP contribution in [0.5, 0.6) is 0 Å². The summed E-state index contributed by atoms with van der Waals surface area (Å²) in [6.45, 7) is 4.20. The van der Waals surface area contributed by atoms with Crippen molar-refractivity contribution in [2.45, 2.75) is 32.4 Å². The van der Waals surface area contributed by atoms with E-state index in [0.29, 0.717) is 0 Å². The van der Waals surface area contributed by atoms with Crippen molar-refractivity contribution in [2.75, 3.05) is 0 Å². The number of nitrogens with one attached hydrogen (secondary N) is 1. The summed E-state index contributed by atoms with van der Waals surface area (Å²) in [6, 6.07) is 13.9. The normalized spacial score (nSPS) is 14.1. The molecule has 2 rings (SSSR count). The average molecular weight is 258 g/mol. The molecule has 19 heavy (non-hydrogen) atoms. The zero-order valence-electron chi connectivity index (χ0n) is 11.3. The van der Waals surface area contributed by atoms with E-state index in [1.54, 1.807) is 6.07 Å². The molecule has 0 saturated heterocycles. The summed E-state index contributed by atoms with van der Waals surface area (Å²) in [6.07, 6.45) is 2.26. The van der Waals surface area contributed by atoms with Gasteiger partial charge < -0.3 is 5.32 Å². The van der Waals surface area contributed by atoms with Gasteiger partial charge in [-0.15, -0.1) is 0 Å². The van der Waals surface area contributed by atoms with Crippen LogP contribution < -0.4 is 5.32 Å². The first-order valence-electron chi connectivity index (χ1n) is 6.63. The van der Waals surface area contributed by atoms with Gasteiger partial charge in [0.2, 0.25) is 0 Å². The standard InChI is InChI=1S/C16H19FN2/c1-3-15(13-7-5-4-6-8-13)19-12(2)16-10-9-14(17)11-18-16/h4-12,15,19H,3H2,1-2H3. The van der Waals surface area contributed by atoms with Crippen molar-refractivity contribution < 1.29 is 4.39 Å². The quantitative estimate of drug-likeness (QED) is 0.876. The molecule has 0 saturated carbocycles. The first-order chi connectivity index (χ1) is 9.20. The number of aromatic nitrogens is 1. The second-order valence-electron chi connectivity index (χ2n) is 4.66. The highest BCUT2D eigenvalue weighted by Gasteiger charge is 2.14. The summed E-state index contributed by atoms with van der Waals surface area (Å²) < 4.78 is 12.9. The molecular formula is C16H19FN2. The Labute approximate surface area is 113 Å². The van der Waals surface area contributed by atoms with E-state index < -0.39 is 0 Å². The largest absolute Gasteiger partial charge is 0.302 e. The van der Waals surface area contributed by atoms with Gasteiger partial charge in [-0.25, -0.2) is 4.39 Å². The highest BCUT2D eigenvalue weighted by molar-refractivity contribution is 5.19. The molecule has 1 aromatic carbocycles. The fourth-order valence-corrected chi connectivity index (χ4v) is 2.17. The highest BCUT2D eigenvalue weighted by atomic mass is 19.1. The third-order valence-electron chi connectivity index (χ3n) is 3.26. The minimum Gasteiger partial charge on any atom is -0.302 e. The Bertz CT molecular complexity index is 496. The first kappa shape index (κ1) is 13.7. The topological polar surface area (TPSA) is 24.9 Å². The van der Waals surface area contributed by atoms with Crippen LogP contribution in [-0.2, 0) is 0 Å². The van der Waals surface area contributed by atoms with Crippen LogP contribution in [0.25, 0.3) is 0 Å². The van der Waals surface area contributed by atoms with Crippen molar-refractivity contribution in [3.8, 4) is 0 Å². The van der Waals surface area contributed by atoms with Crippen LogP contribution >= 0.6 is 0 Å². The molecule has 0 aliphatic carbocycles. The monoisotopic (exact) mass is 258 g/mol. The molecule has 1 N–H and O–H groups in total. The number of nitrogens with zero attached hydrogens (tertiary/aromatic N) is 1. The molecule has 2 atom stereocenters. The number of hydrogen-bond donors (Lipinski definition) is 1. The lowest BCUT2D eigenvalue weighted by molar-refractivity contribution is 0.449. The van der Waals surface area contributed by atoms with E-state index in [0.717, 1.165) is 12.1 Å². The van der Waals surface area contributed by atoms with Gasteiger partial charge in [-0.2, -0.15) is 0 Å². The molecule has 2 nitrogen and oxygen atoms in total. The van der Waals surface area contributed by atoms with Crippen molar-refractivity contribution in [3.05, 3.63) is 65.7 Å². The molecule has 0 fully saturated rings. The summed E-state index contributed by atoms with van der Waals surface area (Å²) in [4.78, 5) is 4.12. The van der Waals surface area contributed by atoms with Gasteiger partial charge >= 0.3 is 0 Å². The Morgan fingerprint density at radius 2 is 1.89 bits per heavy atom. The third-order valence-corrected chi connectivity index (χ3v) is 3.26. The van der Waals surface area contributed by atoms with Crippen LogP contribution in [0.3, 0.4) is 0 Å². The van der Waals surface area contributed by atoms with E-state index in [9.17, 15) is 4.39 Å². The Balaban J connectivity index is 2.08. The SMILES string of the molecule is CCC(NC(C)c1ccc(F)cn1)c1ccccc1. The zero-order chi connectivity index (χ0) is 13.7. The first-order valence-corrected chi connectivity index (χ1v) is 6.63.